The van der Waals surface area contributed by atoms with E-state index in [1.807, 2.05) is 0 Å². The molecule has 1 aliphatic carbocycles. The van der Waals surface area contributed by atoms with Crippen LogP contribution in [-0.2, 0) is 59.2 Å². The van der Waals surface area contributed by atoms with Crippen LogP contribution in [0, 0.1) is 5.92 Å². The van der Waals surface area contributed by atoms with Crippen LogP contribution in [0.5, 0.6) is 5.75 Å². The molecule has 0 spiro atoms. The van der Waals surface area contributed by atoms with E-state index in [9.17, 15) is 63.0 Å². The Morgan fingerprint density at radius 3 is 1.98 bits per heavy atom. The van der Waals surface area contributed by atoms with Crippen LogP contribution < -0.4 is 59.7 Å². The zero-order valence-electron chi connectivity index (χ0n) is 36.3. The van der Waals surface area contributed by atoms with Crippen LogP contribution in [0.3, 0.4) is 0 Å². The number of phenolic OH excluding ortho intramolecular Hbond substituents is 1. The quantitative estimate of drug-likeness (QED) is 0.0652. The van der Waals surface area contributed by atoms with Crippen molar-refractivity contribution in [3.63, 3.8) is 0 Å². The van der Waals surface area contributed by atoms with Gasteiger partial charge in [-0.3, -0.25) is 52.7 Å². The third kappa shape index (κ3) is 17.3. The number of rotatable bonds is 18. The van der Waals surface area contributed by atoms with Gasteiger partial charge in [0.25, 0.3) is 0 Å². The molecule has 25 nitrogen and oxygen atoms in total. The van der Waals surface area contributed by atoms with E-state index >= 15 is 0 Å². The molecule has 0 radical (unpaired) electrons. The molecule has 1 saturated heterocycles. The maximum atomic E-state index is 14.3. The lowest BCUT2D eigenvalue weighted by Gasteiger charge is -2.31. The van der Waals surface area contributed by atoms with Crippen LogP contribution in [0.25, 0.3) is 0 Å². The molecule has 358 valence electrons. The first-order valence-electron chi connectivity index (χ1n) is 21.0. The summed E-state index contributed by atoms with van der Waals surface area (Å²) in [6, 6.07) is -4.03. The lowest BCUT2D eigenvalue weighted by atomic mass is 9.96. The van der Waals surface area contributed by atoms with Crippen molar-refractivity contribution in [3.05, 3.63) is 29.8 Å². The maximum absolute atomic E-state index is 14.3. The highest BCUT2D eigenvalue weighted by Crippen LogP contribution is 2.27. The minimum Gasteiger partial charge on any atom is -0.508 e. The molecule has 0 unspecified atom stereocenters. The van der Waals surface area contributed by atoms with Gasteiger partial charge in [0.2, 0.25) is 65.0 Å². The number of amides is 11. The topological polar surface area (TPSA) is 406 Å². The van der Waals surface area contributed by atoms with E-state index in [4.69, 9.17) is 17.2 Å². The number of phenols is 1. The first-order valence-corrected chi connectivity index (χ1v) is 21.0. The minimum absolute atomic E-state index is 0.0639. The second-order valence-electron chi connectivity index (χ2n) is 16.0. The van der Waals surface area contributed by atoms with Gasteiger partial charge in [-0.2, -0.15) is 0 Å². The minimum atomic E-state index is -1.79. The number of carbonyl (C=O) groups is 11. The first-order chi connectivity index (χ1) is 30.6. The Bertz CT molecular complexity index is 1940. The highest BCUT2D eigenvalue weighted by Gasteiger charge is 2.40. The molecular weight excluding hydrogens is 857 g/mol. The van der Waals surface area contributed by atoms with Gasteiger partial charge in [0.1, 0.15) is 42.0 Å². The monoisotopic (exact) mass is 916 g/mol. The Balaban J connectivity index is 2.04. The summed E-state index contributed by atoms with van der Waals surface area (Å²) < 4.78 is 0. The predicted octanol–water partition coefficient (Wildman–Crippen LogP) is -6.39. The van der Waals surface area contributed by atoms with Crippen LogP contribution in [0.15, 0.2) is 24.3 Å². The van der Waals surface area contributed by atoms with E-state index < -0.39 is 165 Å². The molecular formula is C40H60N12O13. The Labute approximate surface area is 373 Å². The average Bonchev–Trinajstić information content (AvgIpc) is 4.08. The van der Waals surface area contributed by atoms with Crippen molar-refractivity contribution in [3.8, 4) is 5.75 Å². The lowest BCUT2D eigenvalue weighted by molar-refractivity contribution is -0.141. The Morgan fingerprint density at radius 1 is 0.800 bits per heavy atom. The fourth-order valence-electron chi connectivity index (χ4n) is 6.62. The van der Waals surface area contributed by atoms with E-state index in [-0.39, 0.29) is 12.2 Å². The third-order valence-corrected chi connectivity index (χ3v) is 10.5. The molecule has 1 saturated carbocycles. The molecule has 3 rings (SSSR count). The second-order valence-corrected chi connectivity index (χ2v) is 16.0. The van der Waals surface area contributed by atoms with E-state index in [1.54, 1.807) is 13.8 Å². The fraction of sp³-hybridized carbons (Fsp3) is 0.575. The molecule has 16 N–H and O–H groups in total. The number of nitrogens with one attached hydrogen (secondary N) is 8. The van der Waals surface area contributed by atoms with E-state index in [0.717, 1.165) is 4.90 Å². The summed E-state index contributed by atoms with van der Waals surface area (Å²) in [5.41, 5.74) is 16.4. The Hall–Kier alpha value is -6.89. The zero-order valence-corrected chi connectivity index (χ0v) is 36.3. The van der Waals surface area contributed by atoms with Gasteiger partial charge in [-0.25, -0.2) is 0 Å². The molecule has 0 bridgehead atoms. The molecule has 65 heavy (non-hydrogen) atoms. The van der Waals surface area contributed by atoms with Gasteiger partial charge >= 0.3 is 0 Å². The predicted molar refractivity (Wildman–Crippen MR) is 227 cm³/mol. The highest BCUT2D eigenvalue weighted by molar-refractivity contribution is 5.99. The number of primary amides is 3. The van der Waals surface area contributed by atoms with Crippen LogP contribution in [0.2, 0.25) is 0 Å². The number of benzene rings is 1. The first kappa shape index (κ1) is 52.5. The van der Waals surface area contributed by atoms with E-state index in [2.05, 4.69) is 42.5 Å². The molecule has 2 fully saturated rings. The van der Waals surface area contributed by atoms with Gasteiger partial charge in [0, 0.05) is 25.4 Å². The van der Waals surface area contributed by atoms with Gasteiger partial charge in [-0.1, -0.05) is 32.4 Å². The van der Waals surface area contributed by atoms with Gasteiger partial charge in [-0.05, 0) is 49.8 Å². The number of nitrogens with two attached hydrogens (primary N) is 3. The van der Waals surface area contributed by atoms with Crippen LogP contribution in [0.4, 0.5) is 0 Å². The summed E-state index contributed by atoms with van der Waals surface area (Å²) >= 11 is 0. The smallest absolute Gasteiger partial charge is 0.247 e. The zero-order chi connectivity index (χ0) is 48.5. The second kappa shape index (κ2) is 24.8. The maximum Gasteiger partial charge on any atom is 0.247 e. The summed E-state index contributed by atoms with van der Waals surface area (Å²) in [6.07, 6.45) is -2.09. The molecule has 1 aromatic carbocycles. The van der Waals surface area contributed by atoms with E-state index in [0.29, 0.717) is 24.8 Å². The summed E-state index contributed by atoms with van der Waals surface area (Å²) in [5, 5.41) is 39.8. The van der Waals surface area contributed by atoms with Crippen molar-refractivity contribution >= 4 is 65.0 Å². The number of aliphatic hydroxyl groups excluding tert-OH is 1. The number of aliphatic hydroxyl groups is 1. The van der Waals surface area contributed by atoms with Crippen LogP contribution in [-0.4, -0.2) is 155 Å². The number of carbonyl (C=O) groups excluding carboxylic acids is 11. The standard InChI is InChI=1S/C40H60N12O13/c1-4-19(2)33-39(64)47-24(11-12-28(41)55)35(60)48-26(14-29(42)56)36(61)49-27(15-44-17-31(58)46-25(37(62)51-33)13-21-5-9-23(54)10-6-21)40(65)52(22-7-8-22)18-32(59)50-34(20(3)53)38(63)45-16-30(43)57/h5-6,9-10,19-20,22,24-27,33-34,44,53-54H,4,7-8,11-18H2,1-3H3,(H2,41,55)(H2,42,56)(H2,43,57)(H,45,63)(H,46,58)(H,47,64)(H,48,60)(H,49,61)(H,50,59)(H,51,62)/t19-,20+,24-,25-,26-,27-,33-,34-/m0/s1. The molecule has 2 aliphatic rings. The molecule has 1 aliphatic heterocycles. The van der Waals surface area contributed by atoms with Crippen molar-refractivity contribution in [2.24, 2.45) is 23.1 Å². The number of hydrogen-bond acceptors (Lipinski definition) is 14. The van der Waals surface area contributed by atoms with Gasteiger partial charge in [0.05, 0.1) is 32.2 Å². The summed E-state index contributed by atoms with van der Waals surface area (Å²) in [4.78, 5) is 146. The highest BCUT2D eigenvalue weighted by atomic mass is 16.3. The van der Waals surface area contributed by atoms with Crippen LogP contribution >= 0.6 is 0 Å². The number of aromatic hydroxyl groups is 1. The van der Waals surface area contributed by atoms with Crippen molar-refractivity contribution in [2.75, 3.05) is 26.2 Å². The normalized spacial score (nSPS) is 22.6. The largest absolute Gasteiger partial charge is 0.508 e. The van der Waals surface area contributed by atoms with Crippen molar-refractivity contribution in [2.45, 2.75) is 114 Å². The van der Waals surface area contributed by atoms with Crippen molar-refractivity contribution in [1.29, 1.82) is 0 Å². The summed E-state index contributed by atoms with van der Waals surface area (Å²) in [6.45, 7) is 2.18. The SMILES string of the molecule is CC[C@H](C)[C@@H]1NC(=O)[C@H](Cc2ccc(O)cc2)NC(=O)CNC[C@@H](C(=O)N(CC(=O)N[C@H](C(=O)NCC(N)=O)[C@@H](C)O)C2CC2)NC(=O)[C@H](CC(N)=O)NC(=O)[C@H](CCC(N)=O)NC1=O. The summed E-state index contributed by atoms with van der Waals surface area (Å²) in [7, 11) is 0. The molecule has 0 aromatic heterocycles. The van der Waals surface area contributed by atoms with E-state index in [1.165, 1.54) is 31.2 Å². The van der Waals surface area contributed by atoms with Gasteiger partial charge in [0.15, 0.2) is 0 Å². The molecule has 11 amide bonds. The molecule has 1 aromatic rings. The van der Waals surface area contributed by atoms with Crippen molar-refractivity contribution in [1.82, 2.24) is 47.4 Å². The lowest BCUT2D eigenvalue weighted by Crippen LogP contribution is -2.62. The average molecular weight is 917 g/mol. The number of nitrogens with zero attached hydrogens (tertiary/aromatic N) is 1. The van der Waals surface area contributed by atoms with Gasteiger partial charge < -0.3 is 74.8 Å². The summed E-state index contributed by atoms with van der Waals surface area (Å²) in [5.74, 6) is -10.9. The van der Waals surface area contributed by atoms with Gasteiger partial charge in [-0.15, -0.1) is 0 Å². The number of hydrogen-bond donors (Lipinski definition) is 13. The fourth-order valence-corrected chi connectivity index (χ4v) is 6.62. The third-order valence-electron chi connectivity index (χ3n) is 10.5. The van der Waals surface area contributed by atoms with Crippen molar-refractivity contribution < 1.29 is 63.0 Å². The Kier molecular flexibility index (Phi) is 20.0. The molecule has 25 heteroatoms. The Morgan fingerprint density at radius 2 is 1.42 bits per heavy atom. The molecule has 1 heterocycles. The van der Waals surface area contributed by atoms with Crippen LogP contribution in [0.1, 0.15) is 64.9 Å². The molecule has 8 atom stereocenters.